The second kappa shape index (κ2) is 10.0. The number of nitrogens with zero attached hydrogens (tertiary/aromatic N) is 2. The van der Waals surface area contributed by atoms with Crippen LogP contribution in [0, 0.1) is 20.8 Å². The third-order valence-electron chi connectivity index (χ3n) is 7.77. The number of hydrogen-bond donors (Lipinski definition) is 2. The Labute approximate surface area is 231 Å². The van der Waals surface area contributed by atoms with Gasteiger partial charge in [-0.05, 0) is 85.7 Å². The molecule has 5 aromatic rings. The molecule has 7 heteroatoms. The van der Waals surface area contributed by atoms with Crippen LogP contribution in [0.5, 0.6) is 5.75 Å². The number of amides is 1. The average Bonchev–Trinajstić information content (AvgIpc) is 3.26. The second-order valence-electron chi connectivity index (χ2n) is 10.2. The van der Waals surface area contributed by atoms with Crippen LogP contribution in [0.1, 0.15) is 40.0 Å². The van der Waals surface area contributed by atoms with Crippen LogP contribution in [-0.4, -0.2) is 27.0 Å². The van der Waals surface area contributed by atoms with E-state index in [0.29, 0.717) is 34.3 Å². The number of carbonyl (C=O) groups excluding carboxylic acids is 1. The van der Waals surface area contributed by atoms with E-state index in [1.165, 1.54) is 0 Å². The lowest BCUT2D eigenvalue weighted by Crippen LogP contribution is -2.19. The van der Waals surface area contributed by atoms with Crippen LogP contribution < -0.4 is 16.0 Å². The number of H-pyrrole nitrogens is 1. The zero-order chi connectivity index (χ0) is 28.0. The number of aryl methyl sites for hydroxylation is 2. The van der Waals surface area contributed by atoms with Gasteiger partial charge in [0.15, 0.2) is 0 Å². The van der Waals surface area contributed by atoms with Gasteiger partial charge in [-0.2, -0.15) is 0 Å². The summed E-state index contributed by atoms with van der Waals surface area (Å²) in [6, 6.07) is 15.1. The van der Waals surface area contributed by atoms with Crippen LogP contribution in [-0.2, 0) is 0 Å². The quantitative estimate of drug-likeness (QED) is 0.272. The molecule has 0 spiro atoms. The van der Waals surface area contributed by atoms with E-state index in [2.05, 4.69) is 28.2 Å². The summed E-state index contributed by atoms with van der Waals surface area (Å²) in [4.78, 5) is 34.1. The van der Waals surface area contributed by atoms with Crippen molar-refractivity contribution >= 4 is 27.7 Å². The van der Waals surface area contributed by atoms with E-state index in [-0.39, 0.29) is 5.56 Å². The van der Waals surface area contributed by atoms with Gasteiger partial charge in [0.1, 0.15) is 24.2 Å². The maximum absolute atomic E-state index is 13.4. The van der Waals surface area contributed by atoms with Crippen LogP contribution in [0.25, 0.3) is 38.6 Å². The van der Waals surface area contributed by atoms with Crippen molar-refractivity contribution in [3.8, 4) is 22.6 Å². The van der Waals surface area contributed by atoms with Gasteiger partial charge in [0.2, 0.25) is 0 Å². The molecule has 1 amide bonds. The largest absolute Gasteiger partial charge is 0.488 e. The van der Waals surface area contributed by atoms with Gasteiger partial charge in [-0.3, -0.25) is 14.2 Å². The Kier molecular flexibility index (Phi) is 6.34. The Balaban J connectivity index is 1.57. The van der Waals surface area contributed by atoms with E-state index in [1.54, 1.807) is 17.0 Å². The highest BCUT2D eigenvalue weighted by Gasteiger charge is 2.24. The molecule has 2 heterocycles. The molecule has 0 saturated carbocycles. The number of hydrogen-bond acceptors (Lipinski definition) is 4. The first-order valence-electron chi connectivity index (χ1n) is 13.4. The topological polar surface area (TPSA) is 103 Å². The van der Waals surface area contributed by atoms with E-state index in [9.17, 15) is 9.59 Å². The highest BCUT2D eigenvalue weighted by Crippen LogP contribution is 2.41. The van der Waals surface area contributed by atoms with Crippen molar-refractivity contribution in [2.45, 2.75) is 33.6 Å². The zero-order valence-electron chi connectivity index (χ0n) is 22.7. The number of nitrogens with two attached hydrogens (primary N) is 1. The molecule has 3 N–H and O–H groups in total. The number of allylic oxidation sites excluding steroid dienone is 2. The first kappa shape index (κ1) is 25.4. The number of primary amides is 1. The van der Waals surface area contributed by atoms with Crippen LogP contribution in [0.15, 0.2) is 83.5 Å². The Bertz CT molecular complexity index is 1940. The molecule has 3 aromatic carbocycles. The monoisotopic (exact) mass is 530 g/mol. The molecule has 6 rings (SSSR count). The smallest absolute Gasteiger partial charge is 0.265 e. The van der Waals surface area contributed by atoms with Crippen LogP contribution in [0.4, 0.5) is 0 Å². The van der Waals surface area contributed by atoms with Crippen LogP contribution in [0.2, 0.25) is 0 Å². The molecular formula is C33H30N4O3. The zero-order valence-corrected chi connectivity index (χ0v) is 22.7. The molecule has 1 aliphatic rings. The number of aromatic nitrogens is 3. The van der Waals surface area contributed by atoms with Crippen molar-refractivity contribution in [3.05, 3.63) is 111 Å². The van der Waals surface area contributed by atoms with E-state index < -0.39 is 5.91 Å². The summed E-state index contributed by atoms with van der Waals surface area (Å²) in [5.74, 6) is -0.134. The van der Waals surface area contributed by atoms with Gasteiger partial charge in [0.25, 0.3) is 11.5 Å². The fraction of sp³-hybridized carbons (Fsp3) is 0.182. The minimum atomic E-state index is -0.555. The molecule has 0 atom stereocenters. The Morgan fingerprint density at radius 3 is 2.65 bits per heavy atom. The van der Waals surface area contributed by atoms with E-state index in [0.717, 1.165) is 57.4 Å². The third kappa shape index (κ3) is 4.20. The highest BCUT2D eigenvalue weighted by molar-refractivity contribution is 6.13. The van der Waals surface area contributed by atoms with Crippen molar-refractivity contribution < 1.29 is 9.53 Å². The molecule has 0 radical (unpaired) electrons. The summed E-state index contributed by atoms with van der Waals surface area (Å²) >= 11 is 0. The molecule has 200 valence electrons. The van der Waals surface area contributed by atoms with E-state index >= 15 is 0 Å². The number of carbonyl (C=O) groups is 1. The van der Waals surface area contributed by atoms with Gasteiger partial charge in [0.05, 0.1) is 22.1 Å². The summed E-state index contributed by atoms with van der Waals surface area (Å²) in [6.07, 6.45) is 9.88. The second-order valence-corrected chi connectivity index (χ2v) is 10.2. The molecule has 2 aromatic heterocycles. The Hall–Kier alpha value is -4.91. The Morgan fingerprint density at radius 2 is 1.88 bits per heavy atom. The van der Waals surface area contributed by atoms with Crippen molar-refractivity contribution in [3.63, 3.8) is 0 Å². The average molecular weight is 531 g/mol. The van der Waals surface area contributed by atoms with Gasteiger partial charge in [-0.25, -0.2) is 4.98 Å². The van der Waals surface area contributed by atoms with Gasteiger partial charge >= 0.3 is 0 Å². The number of nitrogens with one attached hydrogen (secondary N) is 1. The minimum absolute atomic E-state index is 0.133. The lowest BCUT2D eigenvalue weighted by molar-refractivity contribution is 0.0998. The standard InChI is InChI=1S/C33H30N4O3/c1-19-21(3)36-31-29(19)25(16-28(30(31)32(34)38)40-17-22-10-5-4-6-11-22)23-13-9-15-27(20(23)2)37-18-35-26-14-8-7-12-24(26)33(37)39/h5,7-16,18,36H,4,6,17H2,1-3H3,(H2,34,38). The first-order chi connectivity index (χ1) is 19.3. The lowest BCUT2D eigenvalue weighted by atomic mass is 9.92. The number of benzene rings is 3. The molecular weight excluding hydrogens is 500 g/mol. The number of aromatic amines is 1. The molecule has 1 aliphatic carbocycles. The third-order valence-corrected chi connectivity index (χ3v) is 7.77. The summed E-state index contributed by atoms with van der Waals surface area (Å²) in [6.45, 7) is 6.33. The summed E-state index contributed by atoms with van der Waals surface area (Å²) < 4.78 is 7.86. The fourth-order valence-electron chi connectivity index (χ4n) is 5.57. The van der Waals surface area contributed by atoms with Crippen molar-refractivity contribution in [1.29, 1.82) is 0 Å². The van der Waals surface area contributed by atoms with Gasteiger partial charge in [-0.15, -0.1) is 0 Å². The predicted octanol–water partition coefficient (Wildman–Crippen LogP) is 6.21. The predicted molar refractivity (Wildman–Crippen MR) is 159 cm³/mol. The van der Waals surface area contributed by atoms with E-state index in [4.69, 9.17) is 10.5 Å². The minimum Gasteiger partial charge on any atom is -0.488 e. The van der Waals surface area contributed by atoms with Gasteiger partial charge < -0.3 is 15.5 Å². The first-order valence-corrected chi connectivity index (χ1v) is 13.4. The molecule has 0 saturated heterocycles. The fourth-order valence-corrected chi connectivity index (χ4v) is 5.57. The van der Waals surface area contributed by atoms with Gasteiger partial charge in [-0.1, -0.05) is 42.5 Å². The SMILES string of the molecule is Cc1[nH]c2c(C(N)=O)c(OCC3=CCCC=C3)cc(-c3cccc(-n4cnc5ccccc5c4=O)c3C)c2c1C. The Morgan fingerprint density at radius 1 is 1.05 bits per heavy atom. The van der Waals surface area contributed by atoms with Crippen molar-refractivity contribution in [1.82, 2.24) is 14.5 Å². The number of rotatable bonds is 6. The number of para-hydroxylation sites is 1. The number of ether oxygens (including phenoxy) is 1. The molecule has 0 bridgehead atoms. The highest BCUT2D eigenvalue weighted by atomic mass is 16.5. The van der Waals surface area contributed by atoms with Crippen LogP contribution in [0.3, 0.4) is 0 Å². The molecule has 0 aliphatic heterocycles. The number of fused-ring (bicyclic) bond motifs is 2. The summed E-state index contributed by atoms with van der Waals surface area (Å²) in [5, 5.41) is 1.46. The molecule has 40 heavy (non-hydrogen) atoms. The summed E-state index contributed by atoms with van der Waals surface area (Å²) in [7, 11) is 0. The molecule has 0 fully saturated rings. The van der Waals surface area contributed by atoms with Crippen molar-refractivity contribution in [2.24, 2.45) is 5.73 Å². The summed E-state index contributed by atoms with van der Waals surface area (Å²) in [5.41, 5.74) is 13.9. The molecule has 0 unspecified atom stereocenters. The maximum Gasteiger partial charge on any atom is 0.265 e. The molecule has 7 nitrogen and oxygen atoms in total. The lowest BCUT2D eigenvalue weighted by Gasteiger charge is -2.18. The normalized spacial score (nSPS) is 13.1. The van der Waals surface area contributed by atoms with E-state index in [1.807, 2.05) is 63.2 Å². The maximum atomic E-state index is 13.4. The van der Waals surface area contributed by atoms with Crippen molar-refractivity contribution in [2.75, 3.05) is 6.61 Å². The van der Waals surface area contributed by atoms with Crippen LogP contribution >= 0.6 is 0 Å². The van der Waals surface area contributed by atoms with Gasteiger partial charge in [0, 0.05) is 11.1 Å².